The molecule has 0 unspecified atom stereocenters. The number of nitrogens with one attached hydrogen (secondary N) is 2. The third kappa shape index (κ3) is 6.13. The van der Waals surface area contributed by atoms with Gasteiger partial charge in [0, 0.05) is 17.1 Å². The zero-order valence-corrected chi connectivity index (χ0v) is 17.9. The fourth-order valence-corrected chi connectivity index (χ4v) is 3.46. The van der Waals surface area contributed by atoms with Gasteiger partial charge in [0.25, 0.3) is 11.8 Å². The van der Waals surface area contributed by atoms with Crippen molar-refractivity contribution < 1.29 is 14.3 Å². The molecule has 0 aliphatic carbocycles. The number of hydrogen-bond acceptors (Lipinski definition) is 3. The molecule has 30 heavy (non-hydrogen) atoms. The van der Waals surface area contributed by atoms with Gasteiger partial charge in [-0.15, -0.1) is 0 Å². The normalized spacial score (nSPS) is 10.4. The lowest BCUT2D eigenvalue weighted by Gasteiger charge is -2.11. The Hall–Kier alpha value is -2.73. The van der Waals surface area contributed by atoms with Gasteiger partial charge in [0.05, 0.1) is 15.7 Å². The molecule has 5 nitrogen and oxygen atoms in total. The first-order valence-electron chi connectivity index (χ1n) is 8.92. The van der Waals surface area contributed by atoms with Gasteiger partial charge in [-0.1, -0.05) is 65.1 Å². The van der Waals surface area contributed by atoms with Crippen LogP contribution in [0, 0.1) is 0 Å². The van der Waals surface area contributed by atoms with Gasteiger partial charge in [-0.25, -0.2) is 0 Å². The predicted molar refractivity (Wildman–Crippen MR) is 120 cm³/mol. The summed E-state index contributed by atoms with van der Waals surface area (Å²) >= 11 is 18.0. The van der Waals surface area contributed by atoms with Crippen LogP contribution < -0.4 is 15.4 Å². The molecule has 154 valence electrons. The van der Waals surface area contributed by atoms with Crippen LogP contribution >= 0.6 is 34.8 Å². The average molecular weight is 464 g/mol. The van der Waals surface area contributed by atoms with Crippen LogP contribution in [0.5, 0.6) is 5.75 Å². The minimum atomic E-state index is -0.395. The largest absolute Gasteiger partial charge is 0.484 e. The number of halogens is 3. The quantitative estimate of drug-likeness (QED) is 0.480. The number of amides is 2. The molecule has 0 saturated carbocycles. The topological polar surface area (TPSA) is 67.4 Å². The van der Waals surface area contributed by atoms with Crippen molar-refractivity contribution in [1.29, 1.82) is 0 Å². The summed E-state index contributed by atoms with van der Waals surface area (Å²) in [5, 5.41) is 6.28. The Balaban J connectivity index is 1.52. The summed E-state index contributed by atoms with van der Waals surface area (Å²) in [5.74, 6) is -0.176. The first kappa shape index (κ1) is 22.0. The molecule has 3 rings (SSSR count). The summed E-state index contributed by atoms with van der Waals surface area (Å²) in [6, 6.07) is 18.9. The van der Waals surface area contributed by atoms with Crippen LogP contribution in [0.15, 0.2) is 66.7 Å². The molecule has 0 aromatic heterocycles. The standard InChI is InChI=1S/C22H17Cl3N2O3/c23-16-10-18(24)21(19(25)11-16)27-22(29)15-6-8-17(9-7-15)30-13-20(28)26-12-14-4-2-1-3-5-14/h1-11H,12-13H2,(H,26,28)(H,27,29). The molecule has 3 aromatic rings. The highest BCUT2D eigenvalue weighted by atomic mass is 35.5. The van der Waals surface area contributed by atoms with Gasteiger partial charge < -0.3 is 15.4 Å². The molecule has 8 heteroatoms. The van der Waals surface area contributed by atoms with Crippen LogP contribution in [0.25, 0.3) is 0 Å². The van der Waals surface area contributed by atoms with E-state index in [2.05, 4.69) is 10.6 Å². The van der Waals surface area contributed by atoms with E-state index in [4.69, 9.17) is 39.5 Å². The van der Waals surface area contributed by atoms with Gasteiger partial charge in [0.15, 0.2) is 6.61 Å². The molecule has 2 N–H and O–H groups in total. The Morgan fingerprint density at radius 3 is 2.13 bits per heavy atom. The monoisotopic (exact) mass is 462 g/mol. The van der Waals surface area contributed by atoms with Crippen molar-refractivity contribution in [3.63, 3.8) is 0 Å². The lowest BCUT2D eigenvalue weighted by molar-refractivity contribution is -0.123. The molecular formula is C22H17Cl3N2O3. The second-order valence-electron chi connectivity index (χ2n) is 6.27. The second kappa shape index (κ2) is 10.3. The molecule has 0 saturated heterocycles. The summed E-state index contributed by atoms with van der Waals surface area (Å²) in [6.07, 6.45) is 0. The van der Waals surface area contributed by atoms with Crippen molar-refractivity contribution >= 4 is 52.3 Å². The molecule has 0 radical (unpaired) electrons. The van der Waals surface area contributed by atoms with Crippen LogP contribution in [0.2, 0.25) is 15.1 Å². The molecule has 0 aliphatic heterocycles. The summed E-state index contributed by atoms with van der Waals surface area (Å²) in [4.78, 5) is 24.4. The summed E-state index contributed by atoms with van der Waals surface area (Å²) in [7, 11) is 0. The fraction of sp³-hybridized carbons (Fsp3) is 0.0909. The number of anilines is 1. The lowest BCUT2D eigenvalue weighted by atomic mass is 10.2. The van der Waals surface area contributed by atoms with Crippen molar-refractivity contribution in [2.75, 3.05) is 11.9 Å². The zero-order valence-electron chi connectivity index (χ0n) is 15.6. The maximum absolute atomic E-state index is 12.4. The summed E-state index contributed by atoms with van der Waals surface area (Å²) < 4.78 is 5.46. The first-order valence-corrected chi connectivity index (χ1v) is 10.0. The van der Waals surface area contributed by atoms with Crippen LogP contribution in [0.1, 0.15) is 15.9 Å². The van der Waals surface area contributed by atoms with Gasteiger partial charge in [-0.3, -0.25) is 9.59 Å². The number of benzene rings is 3. The fourth-order valence-electron chi connectivity index (χ4n) is 2.55. The highest BCUT2D eigenvalue weighted by Crippen LogP contribution is 2.34. The van der Waals surface area contributed by atoms with Gasteiger partial charge in [-0.2, -0.15) is 0 Å². The van der Waals surface area contributed by atoms with E-state index in [9.17, 15) is 9.59 Å². The molecule has 0 spiro atoms. The van der Waals surface area contributed by atoms with E-state index in [1.54, 1.807) is 24.3 Å². The van der Waals surface area contributed by atoms with Crippen molar-refractivity contribution in [1.82, 2.24) is 5.32 Å². The van der Waals surface area contributed by atoms with Crippen molar-refractivity contribution in [3.8, 4) is 5.75 Å². The van der Waals surface area contributed by atoms with Gasteiger partial charge in [0.2, 0.25) is 0 Å². The van der Waals surface area contributed by atoms with Crippen molar-refractivity contribution in [3.05, 3.63) is 92.9 Å². The van der Waals surface area contributed by atoms with E-state index in [1.807, 2.05) is 30.3 Å². The number of rotatable bonds is 7. The van der Waals surface area contributed by atoms with E-state index in [1.165, 1.54) is 12.1 Å². The molecular weight excluding hydrogens is 447 g/mol. The minimum Gasteiger partial charge on any atom is -0.484 e. The van der Waals surface area contributed by atoms with E-state index in [0.717, 1.165) is 5.56 Å². The number of carbonyl (C=O) groups excluding carboxylic acids is 2. The van der Waals surface area contributed by atoms with Crippen LogP contribution in [-0.2, 0) is 11.3 Å². The molecule has 0 heterocycles. The molecule has 0 fully saturated rings. The van der Waals surface area contributed by atoms with Gasteiger partial charge in [-0.05, 0) is 42.0 Å². The van der Waals surface area contributed by atoms with Crippen LogP contribution in [0.3, 0.4) is 0 Å². The van der Waals surface area contributed by atoms with E-state index < -0.39 is 5.91 Å². The van der Waals surface area contributed by atoms with Crippen molar-refractivity contribution in [2.24, 2.45) is 0 Å². The maximum atomic E-state index is 12.4. The Labute approximate surface area is 188 Å². The number of ether oxygens (including phenoxy) is 1. The zero-order chi connectivity index (χ0) is 21.5. The molecule has 3 aromatic carbocycles. The minimum absolute atomic E-state index is 0.131. The van der Waals surface area contributed by atoms with Gasteiger partial charge in [0.1, 0.15) is 5.75 Å². The van der Waals surface area contributed by atoms with E-state index in [-0.39, 0.29) is 28.2 Å². The Kier molecular flexibility index (Phi) is 7.57. The highest BCUT2D eigenvalue weighted by molar-refractivity contribution is 6.42. The van der Waals surface area contributed by atoms with E-state index >= 15 is 0 Å². The first-order chi connectivity index (χ1) is 14.4. The van der Waals surface area contributed by atoms with Crippen molar-refractivity contribution in [2.45, 2.75) is 6.54 Å². The Morgan fingerprint density at radius 1 is 0.867 bits per heavy atom. The number of hydrogen-bond donors (Lipinski definition) is 2. The molecule has 2 amide bonds. The second-order valence-corrected chi connectivity index (χ2v) is 7.52. The molecule has 0 aliphatic rings. The van der Waals surface area contributed by atoms with Crippen LogP contribution in [-0.4, -0.2) is 18.4 Å². The maximum Gasteiger partial charge on any atom is 0.258 e. The average Bonchev–Trinajstić information content (AvgIpc) is 2.74. The summed E-state index contributed by atoms with van der Waals surface area (Å²) in [5.41, 5.74) is 1.66. The molecule has 0 atom stereocenters. The van der Waals surface area contributed by atoms with E-state index in [0.29, 0.717) is 22.9 Å². The third-order valence-electron chi connectivity index (χ3n) is 4.06. The number of carbonyl (C=O) groups is 2. The Bertz CT molecular complexity index is 1020. The Morgan fingerprint density at radius 2 is 1.50 bits per heavy atom. The van der Waals surface area contributed by atoms with Crippen LogP contribution in [0.4, 0.5) is 5.69 Å². The highest BCUT2D eigenvalue weighted by Gasteiger charge is 2.13. The summed E-state index contributed by atoms with van der Waals surface area (Å²) in [6.45, 7) is 0.298. The molecule has 0 bridgehead atoms. The SMILES string of the molecule is O=C(COc1ccc(C(=O)Nc2c(Cl)cc(Cl)cc2Cl)cc1)NCc1ccccc1. The lowest BCUT2D eigenvalue weighted by Crippen LogP contribution is -2.28. The third-order valence-corrected chi connectivity index (χ3v) is 4.88. The van der Waals surface area contributed by atoms with Gasteiger partial charge >= 0.3 is 0 Å². The predicted octanol–water partition coefficient (Wildman–Crippen LogP) is 5.59. The smallest absolute Gasteiger partial charge is 0.258 e.